The van der Waals surface area contributed by atoms with E-state index in [1.807, 2.05) is 20.8 Å². The SMILES string of the molecule is Cc1cc(=O)n(CC(=O)NC(C)C)c(C)c1C(=O)NCC(C)CN.Cl. The molecule has 0 radical (unpaired) electrons. The molecule has 0 aliphatic heterocycles. The summed E-state index contributed by atoms with van der Waals surface area (Å²) in [5.41, 5.74) is 6.76. The molecule has 1 rings (SSSR count). The van der Waals surface area contributed by atoms with Gasteiger partial charge < -0.3 is 20.9 Å². The van der Waals surface area contributed by atoms with Gasteiger partial charge in [0.2, 0.25) is 5.91 Å². The summed E-state index contributed by atoms with van der Waals surface area (Å²) in [5, 5.41) is 5.57. The number of nitrogens with zero attached hydrogens (tertiary/aromatic N) is 1. The van der Waals surface area contributed by atoms with Crippen molar-refractivity contribution in [1.82, 2.24) is 15.2 Å². The van der Waals surface area contributed by atoms with Crippen LogP contribution in [-0.4, -0.2) is 35.5 Å². The van der Waals surface area contributed by atoms with Gasteiger partial charge in [0.15, 0.2) is 0 Å². The molecule has 142 valence electrons. The monoisotopic (exact) mass is 372 g/mol. The topological polar surface area (TPSA) is 106 Å². The minimum Gasteiger partial charge on any atom is -0.352 e. The minimum absolute atomic E-state index is 0. The van der Waals surface area contributed by atoms with Gasteiger partial charge in [-0.15, -0.1) is 12.4 Å². The molecular weight excluding hydrogens is 344 g/mol. The predicted octanol–water partition coefficient (Wildman–Crippen LogP) is 0.736. The number of carbonyl (C=O) groups is 2. The van der Waals surface area contributed by atoms with E-state index in [1.165, 1.54) is 10.6 Å². The molecular formula is C17H29ClN4O3. The van der Waals surface area contributed by atoms with Crippen LogP contribution in [0.3, 0.4) is 0 Å². The van der Waals surface area contributed by atoms with E-state index in [4.69, 9.17) is 5.73 Å². The van der Waals surface area contributed by atoms with Crippen LogP contribution in [0.1, 0.15) is 42.4 Å². The van der Waals surface area contributed by atoms with Gasteiger partial charge in [0.05, 0.1) is 5.56 Å². The first-order chi connectivity index (χ1) is 11.2. The molecule has 0 aliphatic rings. The third kappa shape index (κ3) is 6.51. The van der Waals surface area contributed by atoms with Crippen molar-refractivity contribution < 1.29 is 9.59 Å². The Morgan fingerprint density at radius 2 is 1.84 bits per heavy atom. The average molecular weight is 373 g/mol. The number of hydrogen-bond acceptors (Lipinski definition) is 4. The lowest BCUT2D eigenvalue weighted by atomic mass is 10.1. The van der Waals surface area contributed by atoms with E-state index in [0.717, 1.165) is 0 Å². The summed E-state index contributed by atoms with van der Waals surface area (Å²) in [6.45, 7) is 9.86. The van der Waals surface area contributed by atoms with Gasteiger partial charge in [0, 0.05) is 24.3 Å². The molecule has 0 spiro atoms. The van der Waals surface area contributed by atoms with Crippen LogP contribution in [0.25, 0.3) is 0 Å². The first kappa shape index (κ1) is 23.1. The Morgan fingerprint density at radius 1 is 1.24 bits per heavy atom. The fourth-order valence-corrected chi connectivity index (χ4v) is 2.41. The highest BCUT2D eigenvalue weighted by Crippen LogP contribution is 2.11. The molecule has 25 heavy (non-hydrogen) atoms. The molecule has 1 heterocycles. The second kappa shape index (κ2) is 10.2. The van der Waals surface area contributed by atoms with E-state index < -0.39 is 0 Å². The van der Waals surface area contributed by atoms with Gasteiger partial charge in [-0.2, -0.15) is 0 Å². The van der Waals surface area contributed by atoms with Crippen LogP contribution in [-0.2, 0) is 11.3 Å². The number of aromatic nitrogens is 1. The average Bonchev–Trinajstić information content (AvgIpc) is 2.48. The fraction of sp³-hybridized carbons (Fsp3) is 0.588. The summed E-state index contributed by atoms with van der Waals surface area (Å²) < 4.78 is 1.33. The van der Waals surface area contributed by atoms with Crippen LogP contribution in [0.4, 0.5) is 0 Å². The minimum atomic E-state index is -0.296. The van der Waals surface area contributed by atoms with Crippen LogP contribution in [0.5, 0.6) is 0 Å². The summed E-state index contributed by atoms with van der Waals surface area (Å²) in [7, 11) is 0. The van der Waals surface area contributed by atoms with E-state index in [9.17, 15) is 14.4 Å². The maximum Gasteiger partial charge on any atom is 0.253 e. The number of hydrogen-bond donors (Lipinski definition) is 3. The van der Waals surface area contributed by atoms with Crippen LogP contribution >= 0.6 is 12.4 Å². The van der Waals surface area contributed by atoms with Crippen LogP contribution in [0, 0.1) is 19.8 Å². The number of rotatable bonds is 7. The number of carbonyl (C=O) groups excluding carboxylic acids is 2. The van der Waals surface area contributed by atoms with Crippen molar-refractivity contribution in [3.05, 3.63) is 33.2 Å². The molecule has 1 unspecified atom stereocenters. The van der Waals surface area contributed by atoms with E-state index >= 15 is 0 Å². The summed E-state index contributed by atoms with van der Waals surface area (Å²) in [4.78, 5) is 36.6. The lowest BCUT2D eigenvalue weighted by Crippen LogP contribution is -2.38. The zero-order chi connectivity index (χ0) is 18.4. The Labute approximate surface area is 154 Å². The third-order valence-corrected chi connectivity index (χ3v) is 3.76. The molecule has 0 aromatic carbocycles. The normalized spacial score (nSPS) is 11.6. The van der Waals surface area contributed by atoms with E-state index in [0.29, 0.717) is 29.9 Å². The Bertz CT molecular complexity index is 671. The molecule has 1 aromatic heterocycles. The van der Waals surface area contributed by atoms with Crippen molar-refractivity contribution in [1.29, 1.82) is 0 Å². The molecule has 0 bridgehead atoms. The Kier molecular flexibility index (Phi) is 9.44. The van der Waals surface area contributed by atoms with Gasteiger partial charge in [0.25, 0.3) is 11.5 Å². The number of halogens is 1. The highest BCUT2D eigenvalue weighted by molar-refractivity contribution is 5.96. The molecule has 8 heteroatoms. The zero-order valence-electron chi connectivity index (χ0n) is 15.5. The number of nitrogens with two attached hydrogens (primary N) is 1. The molecule has 4 N–H and O–H groups in total. The van der Waals surface area contributed by atoms with E-state index in [-0.39, 0.29) is 48.3 Å². The summed E-state index contributed by atoms with van der Waals surface area (Å²) in [5.74, 6) is -0.359. The third-order valence-electron chi connectivity index (χ3n) is 3.76. The maximum absolute atomic E-state index is 12.5. The van der Waals surface area contributed by atoms with Crippen LogP contribution < -0.4 is 21.9 Å². The van der Waals surface area contributed by atoms with Gasteiger partial charge in [-0.25, -0.2) is 0 Å². The van der Waals surface area contributed by atoms with Crippen LogP contribution in [0.2, 0.25) is 0 Å². The second-order valence-electron chi connectivity index (χ2n) is 6.49. The smallest absolute Gasteiger partial charge is 0.253 e. The first-order valence-corrected chi connectivity index (χ1v) is 8.16. The van der Waals surface area contributed by atoms with Crippen molar-refractivity contribution in [2.24, 2.45) is 11.7 Å². The van der Waals surface area contributed by atoms with Gasteiger partial charge in [-0.3, -0.25) is 14.4 Å². The van der Waals surface area contributed by atoms with Gasteiger partial charge in [-0.1, -0.05) is 6.92 Å². The highest BCUT2D eigenvalue weighted by atomic mass is 35.5. The Balaban J connectivity index is 0.00000576. The van der Waals surface area contributed by atoms with Crippen molar-refractivity contribution in [2.75, 3.05) is 13.1 Å². The summed E-state index contributed by atoms with van der Waals surface area (Å²) in [6, 6.07) is 1.37. The summed E-state index contributed by atoms with van der Waals surface area (Å²) >= 11 is 0. The second-order valence-corrected chi connectivity index (χ2v) is 6.49. The molecule has 0 fully saturated rings. The van der Waals surface area contributed by atoms with Crippen molar-refractivity contribution in [3.8, 4) is 0 Å². The number of aryl methyl sites for hydroxylation is 1. The Morgan fingerprint density at radius 3 is 2.36 bits per heavy atom. The quantitative estimate of drug-likeness (QED) is 0.656. The van der Waals surface area contributed by atoms with Gasteiger partial charge >= 0.3 is 0 Å². The molecule has 0 saturated carbocycles. The summed E-state index contributed by atoms with van der Waals surface area (Å²) in [6.07, 6.45) is 0. The standard InChI is InChI=1S/C17H28N4O3.ClH/c1-10(2)20-14(22)9-21-13(5)16(12(4)6-15(21)23)17(24)19-8-11(3)7-18;/h6,10-11H,7-9,18H2,1-5H3,(H,19,24)(H,20,22);1H. The predicted molar refractivity (Wildman–Crippen MR) is 101 cm³/mol. The molecule has 1 aromatic rings. The zero-order valence-corrected chi connectivity index (χ0v) is 16.3. The molecule has 2 amide bonds. The first-order valence-electron chi connectivity index (χ1n) is 8.16. The van der Waals surface area contributed by atoms with Gasteiger partial charge in [0.1, 0.15) is 6.54 Å². The largest absolute Gasteiger partial charge is 0.352 e. The molecule has 0 saturated heterocycles. The van der Waals surface area contributed by atoms with Crippen molar-refractivity contribution in [3.63, 3.8) is 0 Å². The van der Waals surface area contributed by atoms with Crippen LogP contribution in [0.15, 0.2) is 10.9 Å². The number of pyridine rings is 1. The molecule has 0 aliphatic carbocycles. The lowest BCUT2D eigenvalue weighted by molar-refractivity contribution is -0.122. The Hall–Kier alpha value is -1.86. The fourth-order valence-electron chi connectivity index (χ4n) is 2.41. The molecule has 7 nitrogen and oxygen atoms in total. The number of nitrogens with one attached hydrogen (secondary N) is 2. The van der Waals surface area contributed by atoms with Crippen molar-refractivity contribution >= 4 is 24.2 Å². The highest BCUT2D eigenvalue weighted by Gasteiger charge is 2.18. The van der Waals surface area contributed by atoms with Gasteiger partial charge in [-0.05, 0) is 45.7 Å². The molecule has 1 atom stereocenters. The lowest BCUT2D eigenvalue weighted by Gasteiger charge is -2.17. The number of amides is 2. The maximum atomic E-state index is 12.5. The van der Waals surface area contributed by atoms with E-state index in [2.05, 4.69) is 10.6 Å². The van der Waals surface area contributed by atoms with Crippen molar-refractivity contribution in [2.45, 2.75) is 47.2 Å². The van der Waals surface area contributed by atoms with E-state index in [1.54, 1.807) is 13.8 Å².